The fourth-order valence-corrected chi connectivity index (χ4v) is 1.26. The Labute approximate surface area is 65.3 Å². The summed E-state index contributed by atoms with van der Waals surface area (Å²) in [6.45, 7) is 0. The van der Waals surface area contributed by atoms with Crippen molar-refractivity contribution in [1.29, 1.82) is 0 Å². The summed E-state index contributed by atoms with van der Waals surface area (Å²) in [5.41, 5.74) is 1.77. The summed E-state index contributed by atoms with van der Waals surface area (Å²) in [4.78, 5) is 4.88. The summed E-state index contributed by atoms with van der Waals surface area (Å²) in [5.74, 6) is 2.88. The standard InChI is InChI=1S/C5H2INS/c6-2-1-5-3-7-4-8-5/h3-4H. The maximum atomic E-state index is 3.85. The highest BCUT2D eigenvalue weighted by Gasteiger charge is 1.82. The number of halogens is 1. The molecule has 0 atom stereocenters. The van der Waals surface area contributed by atoms with Crippen molar-refractivity contribution >= 4 is 33.9 Å². The summed E-state index contributed by atoms with van der Waals surface area (Å²) in [6.07, 6.45) is 1.76. The molecule has 0 saturated heterocycles. The first-order valence-corrected chi connectivity index (χ1v) is 3.89. The van der Waals surface area contributed by atoms with Crippen LogP contribution in [0, 0.1) is 9.85 Å². The van der Waals surface area contributed by atoms with Crippen molar-refractivity contribution in [2.24, 2.45) is 0 Å². The molecular formula is C5H2INS. The topological polar surface area (TPSA) is 12.9 Å². The lowest BCUT2D eigenvalue weighted by Gasteiger charge is -1.66. The molecular weight excluding hydrogens is 233 g/mol. The number of aromatic nitrogens is 1. The van der Waals surface area contributed by atoms with Gasteiger partial charge in [0.15, 0.2) is 0 Å². The summed E-state index contributed by atoms with van der Waals surface area (Å²) in [7, 11) is 0. The fraction of sp³-hybridized carbons (Fsp3) is 0. The lowest BCUT2D eigenvalue weighted by Crippen LogP contribution is -1.55. The summed E-state index contributed by atoms with van der Waals surface area (Å²) in [5, 5.41) is 0. The lowest BCUT2D eigenvalue weighted by atomic mass is 10.6. The fourth-order valence-electron chi connectivity index (χ4n) is 0.324. The molecule has 0 unspecified atom stereocenters. The molecule has 0 radical (unpaired) electrons. The molecule has 1 aromatic rings. The average molecular weight is 235 g/mol. The van der Waals surface area contributed by atoms with E-state index in [4.69, 9.17) is 0 Å². The van der Waals surface area contributed by atoms with Crippen molar-refractivity contribution < 1.29 is 0 Å². The Bertz CT molecular complexity index is 206. The molecule has 8 heavy (non-hydrogen) atoms. The second-order valence-electron chi connectivity index (χ2n) is 1.09. The molecule has 0 aromatic carbocycles. The van der Waals surface area contributed by atoms with Gasteiger partial charge in [-0.2, -0.15) is 0 Å². The van der Waals surface area contributed by atoms with E-state index >= 15 is 0 Å². The molecule has 0 aliphatic carbocycles. The van der Waals surface area contributed by atoms with Gasteiger partial charge in [-0.1, -0.05) is 0 Å². The van der Waals surface area contributed by atoms with E-state index in [9.17, 15) is 0 Å². The van der Waals surface area contributed by atoms with Crippen LogP contribution in [0.3, 0.4) is 0 Å². The van der Waals surface area contributed by atoms with Crippen molar-refractivity contribution in [3.63, 3.8) is 0 Å². The van der Waals surface area contributed by atoms with Crippen molar-refractivity contribution in [2.45, 2.75) is 0 Å². The van der Waals surface area contributed by atoms with Gasteiger partial charge in [0.25, 0.3) is 0 Å². The zero-order valence-electron chi connectivity index (χ0n) is 3.89. The van der Waals surface area contributed by atoms with Gasteiger partial charge in [-0.15, -0.1) is 11.3 Å². The van der Waals surface area contributed by atoms with Crippen LogP contribution >= 0.6 is 33.9 Å². The Morgan fingerprint density at radius 3 is 3.12 bits per heavy atom. The van der Waals surface area contributed by atoms with Crippen molar-refractivity contribution in [3.05, 3.63) is 16.6 Å². The second-order valence-corrected chi connectivity index (χ2v) is 2.51. The third-order valence-electron chi connectivity index (χ3n) is 0.603. The quantitative estimate of drug-likeness (QED) is 0.494. The minimum Gasteiger partial charge on any atom is -0.252 e. The summed E-state index contributed by atoms with van der Waals surface area (Å²) in [6, 6.07) is 0. The highest BCUT2D eigenvalue weighted by Crippen LogP contribution is 2.01. The third kappa shape index (κ3) is 1.46. The SMILES string of the molecule is IC#Cc1cncs1. The van der Waals surface area contributed by atoms with E-state index in [1.165, 1.54) is 0 Å². The first-order valence-electron chi connectivity index (χ1n) is 1.93. The van der Waals surface area contributed by atoms with E-state index in [0.717, 1.165) is 4.88 Å². The normalized spacial score (nSPS) is 7.62. The Morgan fingerprint density at radius 1 is 1.75 bits per heavy atom. The highest BCUT2D eigenvalue weighted by atomic mass is 127. The number of rotatable bonds is 0. The molecule has 1 nitrogen and oxygen atoms in total. The van der Waals surface area contributed by atoms with Gasteiger partial charge in [-0.3, -0.25) is 4.98 Å². The van der Waals surface area contributed by atoms with E-state index in [0.29, 0.717) is 0 Å². The number of hydrogen-bond acceptors (Lipinski definition) is 2. The van der Waals surface area contributed by atoms with Crippen LogP contribution < -0.4 is 0 Å². The highest BCUT2D eigenvalue weighted by molar-refractivity contribution is 14.1. The van der Waals surface area contributed by atoms with Crippen LogP contribution in [-0.4, -0.2) is 4.98 Å². The number of thiazole rings is 1. The zero-order valence-corrected chi connectivity index (χ0v) is 6.86. The maximum absolute atomic E-state index is 3.85. The van der Waals surface area contributed by atoms with Gasteiger partial charge < -0.3 is 0 Å². The molecule has 0 N–H and O–H groups in total. The number of hydrogen-bond donors (Lipinski definition) is 0. The molecule has 3 heteroatoms. The first kappa shape index (κ1) is 6.05. The Hall–Kier alpha value is -0.0800. The Kier molecular flexibility index (Phi) is 2.30. The van der Waals surface area contributed by atoms with Crippen LogP contribution in [0.25, 0.3) is 0 Å². The predicted octanol–water partition coefficient (Wildman–Crippen LogP) is 1.89. The average Bonchev–Trinajstić information content (AvgIpc) is 2.19. The summed E-state index contributed by atoms with van der Waals surface area (Å²) < 4.78 is 2.76. The van der Waals surface area contributed by atoms with Crippen LogP contribution in [0.2, 0.25) is 0 Å². The molecule has 1 rings (SSSR count). The molecule has 1 aromatic heterocycles. The molecule has 1 heterocycles. The largest absolute Gasteiger partial charge is 0.252 e. The van der Waals surface area contributed by atoms with E-state index in [-0.39, 0.29) is 0 Å². The lowest BCUT2D eigenvalue weighted by molar-refractivity contribution is 1.42. The Morgan fingerprint density at radius 2 is 2.62 bits per heavy atom. The minimum atomic E-state index is 1.03. The maximum Gasteiger partial charge on any atom is 0.0975 e. The smallest absolute Gasteiger partial charge is 0.0975 e. The molecule has 0 spiro atoms. The second kappa shape index (κ2) is 3.05. The third-order valence-corrected chi connectivity index (χ3v) is 1.56. The monoisotopic (exact) mass is 235 g/mol. The van der Waals surface area contributed by atoms with Gasteiger partial charge in [0, 0.05) is 22.6 Å². The first-order chi connectivity index (χ1) is 3.93. The van der Waals surface area contributed by atoms with Crippen molar-refractivity contribution in [1.82, 2.24) is 4.98 Å². The van der Waals surface area contributed by atoms with Gasteiger partial charge in [-0.05, 0) is 9.85 Å². The van der Waals surface area contributed by atoms with Gasteiger partial charge in [0.2, 0.25) is 0 Å². The van der Waals surface area contributed by atoms with Gasteiger partial charge in [0.1, 0.15) is 0 Å². The van der Waals surface area contributed by atoms with Crippen molar-refractivity contribution in [2.75, 3.05) is 0 Å². The van der Waals surface area contributed by atoms with Gasteiger partial charge >= 0.3 is 0 Å². The molecule has 0 saturated carbocycles. The van der Waals surface area contributed by atoms with Crippen LogP contribution in [0.15, 0.2) is 11.7 Å². The predicted molar refractivity (Wildman–Crippen MR) is 43.0 cm³/mol. The molecule has 0 aliphatic rings. The van der Waals surface area contributed by atoms with Crippen LogP contribution in [-0.2, 0) is 0 Å². The zero-order chi connectivity index (χ0) is 5.82. The molecule has 0 aliphatic heterocycles. The molecule has 40 valence electrons. The van der Waals surface area contributed by atoms with Crippen LogP contribution in [0.4, 0.5) is 0 Å². The van der Waals surface area contributed by atoms with Crippen LogP contribution in [0.1, 0.15) is 4.88 Å². The van der Waals surface area contributed by atoms with E-state index in [1.54, 1.807) is 23.0 Å². The van der Waals surface area contributed by atoms with E-state index in [1.807, 2.05) is 22.6 Å². The van der Waals surface area contributed by atoms with Crippen molar-refractivity contribution in [3.8, 4) is 9.85 Å². The van der Waals surface area contributed by atoms with E-state index in [2.05, 4.69) is 14.8 Å². The molecule has 0 bridgehead atoms. The summed E-state index contributed by atoms with van der Waals surface area (Å²) >= 11 is 3.56. The minimum absolute atomic E-state index is 1.03. The van der Waals surface area contributed by atoms with Gasteiger partial charge in [0.05, 0.1) is 16.6 Å². The van der Waals surface area contributed by atoms with Gasteiger partial charge in [-0.25, -0.2) is 0 Å². The molecule has 0 amide bonds. The Balaban J connectivity index is 2.88. The van der Waals surface area contributed by atoms with E-state index < -0.39 is 0 Å². The van der Waals surface area contributed by atoms with Crippen LogP contribution in [0.5, 0.6) is 0 Å². The number of nitrogens with zero attached hydrogens (tertiary/aromatic N) is 1. The molecule has 0 fully saturated rings.